The Labute approximate surface area is 179 Å². The fraction of sp³-hybridized carbons (Fsp3) is 0.440. The van der Waals surface area contributed by atoms with Gasteiger partial charge in [-0.05, 0) is 68.5 Å². The normalized spacial score (nSPS) is 14.0. The van der Waals surface area contributed by atoms with Crippen molar-refractivity contribution in [2.45, 2.75) is 40.5 Å². The molecule has 0 N–H and O–H groups in total. The predicted molar refractivity (Wildman–Crippen MR) is 119 cm³/mol. The van der Waals surface area contributed by atoms with Crippen LogP contribution in [0, 0.1) is 27.7 Å². The summed E-state index contributed by atoms with van der Waals surface area (Å²) in [6.45, 7) is 11.0. The molecule has 2 amide bonds. The first kappa shape index (κ1) is 21.9. The summed E-state index contributed by atoms with van der Waals surface area (Å²) < 4.78 is 5.90. The van der Waals surface area contributed by atoms with Crippen LogP contribution in [0.1, 0.15) is 45.5 Å². The first-order valence-electron chi connectivity index (χ1n) is 10.7. The van der Waals surface area contributed by atoms with Crippen molar-refractivity contribution in [2.75, 3.05) is 32.8 Å². The lowest BCUT2D eigenvalue weighted by Gasteiger charge is -2.35. The molecule has 1 heterocycles. The average Bonchev–Trinajstić information content (AvgIpc) is 2.74. The summed E-state index contributed by atoms with van der Waals surface area (Å²) in [5.41, 5.74) is 5.26. The van der Waals surface area contributed by atoms with Crippen molar-refractivity contribution >= 4 is 11.8 Å². The lowest BCUT2D eigenvalue weighted by atomic mass is 10.1. The number of hydrogen-bond acceptors (Lipinski definition) is 3. The molecule has 160 valence electrons. The van der Waals surface area contributed by atoms with E-state index in [9.17, 15) is 9.59 Å². The Morgan fingerprint density at radius 2 is 1.47 bits per heavy atom. The van der Waals surface area contributed by atoms with Gasteiger partial charge in [0.25, 0.3) is 5.91 Å². The highest BCUT2D eigenvalue weighted by Gasteiger charge is 2.24. The maximum absolute atomic E-state index is 12.7. The second-order valence-electron chi connectivity index (χ2n) is 8.14. The van der Waals surface area contributed by atoms with Crippen LogP contribution in [0.2, 0.25) is 0 Å². The predicted octanol–water partition coefficient (Wildman–Crippen LogP) is 4.06. The van der Waals surface area contributed by atoms with E-state index >= 15 is 0 Å². The van der Waals surface area contributed by atoms with Crippen molar-refractivity contribution in [1.82, 2.24) is 9.80 Å². The molecule has 3 rings (SSSR count). The van der Waals surface area contributed by atoms with Crippen molar-refractivity contribution < 1.29 is 14.3 Å². The average molecular weight is 409 g/mol. The van der Waals surface area contributed by atoms with Crippen LogP contribution in [0.5, 0.6) is 5.75 Å². The minimum Gasteiger partial charge on any atom is -0.493 e. The molecule has 0 unspecified atom stereocenters. The van der Waals surface area contributed by atoms with Gasteiger partial charge < -0.3 is 14.5 Å². The molecule has 0 spiro atoms. The number of aryl methyl sites for hydroxylation is 4. The van der Waals surface area contributed by atoms with Crippen molar-refractivity contribution in [3.63, 3.8) is 0 Å². The van der Waals surface area contributed by atoms with Gasteiger partial charge in [0.05, 0.1) is 6.61 Å². The summed E-state index contributed by atoms with van der Waals surface area (Å²) in [4.78, 5) is 29.0. The van der Waals surface area contributed by atoms with Crippen molar-refractivity contribution in [2.24, 2.45) is 0 Å². The number of nitrogens with zero attached hydrogens (tertiary/aromatic N) is 2. The number of carbonyl (C=O) groups excluding carboxylic acids is 2. The van der Waals surface area contributed by atoms with Gasteiger partial charge in [-0.3, -0.25) is 9.59 Å². The molecule has 5 heteroatoms. The SMILES string of the molecule is Cc1ccc(C(=O)N2CCN(C(=O)CCCOc3c(C)cccc3C)CC2)cc1C. The van der Waals surface area contributed by atoms with Crippen LogP contribution in [0.15, 0.2) is 36.4 Å². The molecule has 0 atom stereocenters. The van der Waals surface area contributed by atoms with E-state index in [1.807, 2.05) is 73.9 Å². The van der Waals surface area contributed by atoms with Crippen LogP contribution in [0.25, 0.3) is 0 Å². The Morgan fingerprint density at radius 1 is 0.833 bits per heavy atom. The van der Waals surface area contributed by atoms with E-state index in [0.29, 0.717) is 45.6 Å². The van der Waals surface area contributed by atoms with Gasteiger partial charge in [-0.1, -0.05) is 24.3 Å². The molecule has 1 aliphatic rings. The van der Waals surface area contributed by atoms with E-state index in [0.717, 1.165) is 28.0 Å². The van der Waals surface area contributed by atoms with Gasteiger partial charge >= 0.3 is 0 Å². The molecule has 1 fully saturated rings. The van der Waals surface area contributed by atoms with Crippen LogP contribution in [0.4, 0.5) is 0 Å². The zero-order chi connectivity index (χ0) is 21.7. The molecule has 2 aromatic carbocycles. The summed E-state index contributed by atoms with van der Waals surface area (Å²) in [6, 6.07) is 11.9. The Bertz CT molecular complexity index is 894. The molecular formula is C25H32N2O3. The third-order valence-electron chi connectivity index (χ3n) is 5.86. The number of hydrogen-bond donors (Lipinski definition) is 0. The van der Waals surface area contributed by atoms with E-state index in [4.69, 9.17) is 4.74 Å². The second-order valence-corrected chi connectivity index (χ2v) is 8.14. The number of amides is 2. The maximum Gasteiger partial charge on any atom is 0.253 e. The summed E-state index contributed by atoms with van der Waals surface area (Å²) in [5, 5.41) is 0. The molecule has 2 aromatic rings. The molecule has 0 saturated carbocycles. The van der Waals surface area contributed by atoms with E-state index in [1.54, 1.807) is 0 Å². The van der Waals surface area contributed by atoms with Gasteiger partial charge in [0.15, 0.2) is 0 Å². The first-order chi connectivity index (χ1) is 14.4. The Kier molecular flexibility index (Phi) is 7.14. The number of ether oxygens (including phenoxy) is 1. The molecule has 0 aromatic heterocycles. The number of benzene rings is 2. The highest BCUT2D eigenvalue weighted by Crippen LogP contribution is 2.22. The zero-order valence-electron chi connectivity index (χ0n) is 18.5. The zero-order valence-corrected chi connectivity index (χ0v) is 18.5. The molecule has 5 nitrogen and oxygen atoms in total. The second kappa shape index (κ2) is 9.79. The summed E-state index contributed by atoms with van der Waals surface area (Å²) >= 11 is 0. The number of piperazine rings is 1. The standard InChI is InChI=1S/C25H32N2O3/c1-18-10-11-22(17-21(18)4)25(29)27-14-12-26(13-15-27)23(28)9-6-16-30-24-19(2)7-5-8-20(24)3/h5,7-8,10-11,17H,6,9,12-16H2,1-4H3. The summed E-state index contributed by atoms with van der Waals surface area (Å²) in [7, 11) is 0. The number of carbonyl (C=O) groups is 2. The van der Waals surface area contributed by atoms with E-state index in [1.165, 1.54) is 5.56 Å². The molecule has 30 heavy (non-hydrogen) atoms. The molecular weight excluding hydrogens is 376 g/mol. The van der Waals surface area contributed by atoms with Crippen LogP contribution < -0.4 is 4.74 Å². The quantitative estimate of drug-likeness (QED) is 0.677. The Morgan fingerprint density at radius 3 is 2.10 bits per heavy atom. The van der Waals surface area contributed by atoms with E-state index in [2.05, 4.69) is 0 Å². The third-order valence-corrected chi connectivity index (χ3v) is 5.86. The third kappa shape index (κ3) is 5.21. The fourth-order valence-electron chi connectivity index (χ4n) is 3.80. The van der Waals surface area contributed by atoms with Crippen LogP contribution in [0.3, 0.4) is 0 Å². The van der Waals surface area contributed by atoms with Crippen LogP contribution >= 0.6 is 0 Å². The first-order valence-corrected chi connectivity index (χ1v) is 10.7. The monoisotopic (exact) mass is 408 g/mol. The molecule has 1 aliphatic heterocycles. The van der Waals surface area contributed by atoms with Gasteiger partial charge in [0.2, 0.25) is 5.91 Å². The molecule has 0 bridgehead atoms. The summed E-state index contributed by atoms with van der Waals surface area (Å²) in [6.07, 6.45) is 1.16. The van der Waals surface area contributed by atoms with Gasteiger partial charge in [-0.25, -0.2) is 0 Å². The van der Waals surface area contributed by atoms with Crippen LogP contribution in [-0.4, -0.2) is 54.4 Å². The molecule has 0 radical (unpaired) electrons. The van der Waals surface area contributed by atoms with Gasteiger partial charge in [-0.2, -0.15) is 0 Å². The smallest absolute Gasteiger partial charge is 0.253 e. The lowest BCUT2D eigenvalue weighted by molar-refractivity contribution is -0.132. The van der Waals surface area contributed by atoms with Gasteiger partial charge in [0.1, 0.15) is 5.75 Å². The van der Waals surface area contributed by atoms with Crippen LogP contribution in [-0.2, 0) is 4.79 Å². The fourth-order valence-corrected chi connectivity index (χ4v) is 3.80. The molecule has 1 saturated heterocycles. The highest BCUT2D eigenvalue weighted by molar-refractivity contribution is 5.94. The minimum absolute atomic E-state index is 0.0483. The Balaban J connectivity index is 1.42. The van der Waals surface area contributed by atoms with Crippen molar-refractivity contribution in [3.8, 4) is 5.75 Å². The topological polar surface area (TPSA) is 49.9 Å². The van der Waals surface area contributed by atoms with E-state index in [-0.39, 0.29) is 11.8 Å². The van der Waals surface area contributed by atoms with E-state index < -0.39 is 0 Å². The maximum atomic E-state index is 12.7. The molecule has 0 aliphatic carbocycles. The highest BCUT2D eigenvalue weighted by atomic mass is 16.5. The van der Waals surface area contributed by atoms with Gasteiger partial charge in [-0.15, -0.1) is 0 Å². The largest absolute Gasteiger partial charge is 0.493 e. The van der Waals surface area contributed by atoms with Gasteiger partial charge in [0, 0.05) is 38.2 Å². The van der Waals surface area contributed by atoms with Crippen molar-refractivity contribution in [1.29, 1.82) is 0 Å². The number of para-hydroxylation sites is 1. The Hall–Kier alpha value is -2.82. The minimum atomic E-state index is 0.0483. The van der Waals surface area contributed by atoms with Crippen molar-refractivity contribution in [3.05, 3.63) is 64.2 Å². The lowest BCUT2D eigenvalue weighted by Crippen LogP contribution is -2.50. The summed E-state index contributed by atoms with van der Waals surface area (Å²) in [5.74, 6) is 1.11. The number of rotatable bonds is 6.